The molecule has 1 N–H and O–H groups in total. The Morgan fingerprint density at radius 1 is 1.23 bits per heavy atom. The number of amides is 2. The Hall–Kier alpha value is -2.08. The third-order valence-corrected chi connectivity index (χ3v) is 5.98. The molecule has 2 heterocycles. The molecule has 1 atom stereocenters. The van der Waals surface area contributed by atoms with Crippen molar-refractivity contribution in [3.63, 3.8) is 0 Å². The molecule has 1 spiro atoms. The van der Waals surface area contributed by atoms with Gasteiger partial charge in [-0.1, -0.05) is 11.6 Å². The highest BCUT2D eigenvalue weighted by molar-refractivity contribution is 6.30. The number of likely N-dealkylation sites (tertiary alicyclic amines) is 2. The molecular formula is C19H23ClN2O4. The fraction of sp³-hybridized carbons (Fsp3) is 0.526. The maximum Gasteiger partial charge on any atom is 0.326 e. The van der Waals surface area contributed by atoms with Crippen LogP contribution in [0.15, 0.2) is 18.2 Å². The number of piperidine rings is 1. The van der Waals surface area contributed by atoms with Crippen LogP contribution >= 0.6 is 11.6 Å². The number of hydrogen-bond donors (Lipinski definition) is 1. The molecule has 140 valence electrons. The van der Waals surface area contributed by atoms with Crippen LogP contribution in [0.1, 0.15) is 42.1 Å². The second kappa shape index (κ2) is 6.91. The zero-order valence-corrected chi connectivity index (χ0v) is 15.8. The van der Waals surface area contributed by atoms with Gasteiger partial charge in [-0.05, 0) is 55.4 Å². The number of aryl methyl sites for hydroxylation is 1. The van der Waals surface area contributed by atoms with E-state index >= 15 is 0 Å². The SMILES string of the molecule is CC(=O)N1CCC2(CC1)CC(C(=O)O)N(C(=O)c1ccc(Cl)cc1C)C2. The standard InChI is InChI=1S/C19H23ClN2O4/c1-12-9-14(20)3-4-15(12)17(24)22-11-19(10-16(22)18(25)26)5-7-21(8-6-19)13(2)23/h3-4,9,16H,5-8,10-11H2,1-2H3,(H,25,26). The average molecular weight is 379 g/mol. The second-order valence-electron chi connectivity index (χ2n) is 7.46. The molecule has 1 unspecified atom stereocenters. The van der Waals surface area contributed by atoms with Gasteiger partial charge in [0, 0.05) is 37.1 Å². The van der Waals surface area contributed by atoms with Crippen molar-refractivity contribution < 1.29 is 19.5 Å². The van der Waals surface area contributed by atoms with Crippen LogP contribution in [-0.4, -0.2) is 58.4 Å². The highest BCUT2D eigenvalue weighted by Gasteiger charge is 2.50. The van der Waals surface area contributed by atoms with Crippen molar-refractivity contribution in [2.75, 3.05) is 19.6 Å². The van der Waals surface area contributed by atoms with Gasteiger partial charge in [0.1, 0.15) is 6.04 Å². The summed E-state index contributed by atoms with van der Waals surface area (Å²) in [5.74, 6) is -1.20. The van der Waals surface area contributed by atoms with Gasteiger partial charge in [-0.2, -0.15) is 0 Å². The molecule has 0 radical (unpaired) electrons. The number of nitrogens with zero attached hydrogens (tertiary/aromatic N) is 2. The lowest BCUT2D eigenvalue weighted by molar-refractivity contribution is -0.141. The van der Waals surface area contributed by atoms with Crippen molar-refractivity contribution in [2.24, 2.45) is 5.41 Å². The Morgan fingerprint density at radius 2 is 1.88 bits per heavy atom. The van der Waals surface area contributed by atoms with E-state index in [1.807, 2.05) is 0 Å². The number of carbonyl (C=O) groups is 3. The lowest BCUT2D eigenvalue weighted by atomic mass is 9.76. The number of carboxylic acids is 1. The molecule has 0 aliphatic carbocycles. The summed E-state index contributed by atoms with van der Waals surface area (Å²) in [6, 6.07) is 4.18. The predicted molar refractivity (Wildman–Crippen MR) is 97.2 cm³/mol. The maximum absolute atomic E-state index is 13.0. The molecule has 0 saturated carbocycles. The molecule has 2 amide bonds. The first-order valence-electron chi connectivity index (χ1n) is 8.78. The lowest BCUT2D eigenvalue weighted by Crippen LogP contribution is -2.44. The van der Waals surface area contributed by atoms with E-state index < -0.39 is 12.0 Å². The molecule has 6 nitrogen and oxygen atoms in total. The second-order valence-corrected chi connectivity index (χ2v) is 7.89. The van der Waals surface area contributed by atoms with Gasteiger partial charge in [0.15, 0.2) is 0 Å². The van der Waals surface area contributed by atoms with Crippen LogP contribution in [0.5, 0.6) is 0 Å². The van der Waals surface area contributed by atoms with Gasteiger partial charge in [0.25, 0.3) is 5.91 Å². The first-order chi connectivity index (χ1) is 12.2. The molecule has 1 aromatic rings. The highest BCUT2D eigenvalue weighted by atomic mass is 35.5. The van der Waals surface area contributed by atoms with Crippen molar-refractivity contribution in [2.45, 2.75) is 39.2 Å². The number of aliphatic carboxylic acids is 1. The Labute approximate surface area is 157 Å². The summed E-state index contributed by atoms with van der Waals surface area (Å²) in [7, 11) is 0. The number of hydrogen-bond acceptors (Lipinski definition) is 3. The Kier molecular flexibility index (Phi) is 4.97. The van der Waals surface area contributed by atoms with Gasteiger partial charge >= 0.3 is 5.97 Å². The van der Waals surface area contributed by atoms with Crippen molar-refractivity contribution >= 4 is 29.4 Å². The van der Waals surface area contributed by atoms with Crippen molar-refractivity contribution in [1.82, 2.24) is 9.80 Å². The molecule has 2 fully saturated rings. The highest BCUT2D eigenvalue weighted by Crippen LogP contribution is 2.44. The molecule has 2 saturated heterocycles. The monoisotopic (exact) mass is 378 g/mol. The zero-order valence-electron chi connectivity index (χ0n) is 15.0. The summed E-state index contributed by atoms with van der Waals surface area (Å²) in [6.07, 6.45) is 1.88. The third-order valence-electron chi connectivity index (χ3n) is 5.74. The van der Waals surface area contributed by atoms with Crippen molar-refractivity contribution in [3.8, 4) is 0 Å². The maximum atomic E-state index is 13.0. The number of carbonyl (C=O) groups excluding carboxylic acids is 2. The molecule has 2 aliphatic rings. The minimum absolute atomic E-state index is 0.0392. The van der Waals surface area contributed by atoms with Gasteiger partial charge in [0.2, 0.25) is 5.91 Å². The van der Waals surface area contributed by atoms with Gasteiger partial charge in [-0.3, -0.25) is 9.59 Å². The third kappa shape index (κ3) is 3.43. The number of rotatable bonds is 2. The van der Waals surface area contributed by atoms with E-state index in [9.17, 15) is 19.5 Å². The van der Waals surface area contributed by atoms with Crippen LogP contribution in [0.25, 0.3) is 0 Å². The van der Waals surface area contributed by atoms with E-state index in [-0.39, 0.29) is 17.2 Å². The fourth-order valence-corrected chi connectivity index (χ4v) is 4.40. The topological polar surface area (TPSA) is 77.9 Å². The van der Waals surface area contributed by atoms with Crippen LogP contribution in [-0.2, 0) is 9.59 Å². The van der Waals surface area contributed by atoms with Crippen LogP contribution in [0.3, 0.4) is 0 Å². The van der Waals surface area contributed by atoms with Crippen LogP contribution < -0.4 is 0 Å². The van der Waals surface area contributed by atoms with Crippen LogP contribution in [0, 0.1) is 12.3 Å². The fourth-order valence-electron chi connectivity index (χ4n) is 4.17. The largest absolute Gasteiger partial charge is 0.480 e. The summed E-state index contributed by atoms with van der Waals surface area (Å²) in [5.41, 5.74) is 0.989. The van der Waals surface area contributed by atoms with Crippen LogP contribution in [0.4, 0.5) is 0 Å². The zero-order chi connectivity index (χ0) is 19.1. The summed E-state index contributed by atoms with van der Waals surface area (Å²) in [6.45, 7) is 4.99. The summed E-state index contributed by atoms with van der Waals surface area (Å²) in [5, 5.41) is 10.2. The van der Waals surface area contributed by atoms with E-state index in [0.717, 1.165) is 18.4 Å². The molecular weight excluding hydrogens is 356 g/mol. The quantitative estimate of drug-likeness (QED) is 0.857. The van der Waals surface area contributed by atoms with Gasteiger partial charge in [0.05, 0.1) is 0 Å². The summed E-state index contributed by atoms with van der Waals surface area (Å²) >= 11 is 5.97. The molecule has 2 aliphatic heterocycles. The Bertz CT molecular complexity index is 756. The van der Waals surface area contributed by atoms with E-state index in [4.69, 9.17) is 11.6 Å². The first kappa shape index (κ1) is 18.7. The molecule has 7 heteroatoms. The molecule has 3 rings (SSSR count). The van der Waals surface area contributed by atoms with E-state index in [2.05, 4.69) is 0 Å². The normalized spacial score (nSPS) is 21.9. The minimum atomic E-state index is -0.976. The smallest absolute Gasteiger partial charge is 0.326 e. The molecule has 0 aromatic heterocycles. The van der Waals surface area contributed by atoms with Gasteiger partial charge in [-0.25, -0.2) is 4.79 Å². The first-order valence-corrected chi connectivity index (χ1v) is 9.16. The number of halogens is 1. The molecule has 1 aromatic carbocycles. The van der Waals surface area contributed by atoms with Crippen LogP contribution in [0.2, 0.25) is 5.02 Å². The van der Waals surface area contributed by atoms with Crippen molar-refractivity contribution in [3.05, 3.63) is 34.3 Å². The molecule has 0 bridgehead atoms. The summed E-state index contributed by atoms with van der Waals surface area (Å²) in [4.78, 5) is 39.7. The van der Waals surface area contributed by atoms with Crippen molar-refractivity contribution in [1.29, 1.82) is 0 Å². The summed E-state index contributed by atoms with van der Waals surface area (Å²) < 4.78 is 0. The Morgan fingerprint density at radius 3 is 2.42 bits per heavy atom. The van der Waals surface area contributed by atoms with Gasteiger partial charge < -0.3 is 14.9 Å². The lowest BCUT2D eigenvalue weighted by Gasteiger charge is -2.38. The average Bonchev–Trinajstić information content (AvgIpc) is 2.94. The minimum Gasteiger partial charge on any atom is -0.480 e. The number of benzene rings is 1. The van der Waals surface area contributed by atoms with Gasteiger partial charge in [-0.15, -0.1) is 0 Å². The number of carboxylic acid groups (broad SMARTS) is 1. The predicted octanol–water partition coefficient (Wildman–Crippen LogP) is 2.58. The van der Waals surface area contributed by atoms with E-state index in [0.29, 0.717) is 36.6 Å². The molecule has 26 heavy (non-hydrogen) atoms. The van der Waals surface area contributed by atoms with E-state index in [1.165, 1.54) is 4.90 Å². The van der Waals surface area contributed by atoms with E-state index in [1.54, 1.807) is 36.9 Å². The Balaban J connectivity index is 1.83.